The summed E-state index contributed by atoms with van der Waals surface area (Å²) >= 11 is 0. The van der Waals surface area contributed by atoms with Crippen molar-refractivity contribution in [1.29, 1.82) is 0 Å². The molecule has 11 nitrogen and oxygen atoms in total. The van der Waals surface area contributed by atoms with Gasteiger partial charge in [-0.15, -0.1) is 0 Å². The van der Waals surface area contributed by atoms with Crippen LogP contribution in [0, 0.1) is 0 Å². The maximum atomic E-state index is 13.0. The zero-order valence-corrected chi connectivity index (χ0v) is 26.3. The molecule has 1 aromatic heterocycles. The third-order valence-corrected chi connectivity index (χ3v) is 10.4. The number of hydrogen-bond donors (Lipinski definition) is 1. The molecule has 12 heteroatoms. The van der Waals surface area contributed by atoms with E-state index in [-0.39, 0.29) is 11.9 Å². The summed E-state index contributed by atoms with van der Waals surface area (Å²) in [5, 5.41) is 4.10. The van der Waals surface area contributed by atoms with Gasteiger partial charge in [-0.25, -0.2) is 23.2 Å². The number of nitrogens with zero attached hydrogens (tertiary/aromatic N) is 6. The maximum absolute atomic E-state index is 13.0. The average Bonchev–Trinajstić information content (AvgIpc) is 3.58. The molecule has 3 aliphatic heterocycles. The van der Waals surface area contributed by atoms with E-state index in [1.165, 1.54) is 24.8 Å². The number of ether oxygens (including phenoxy) is 1. The minimum Gasteiger partial charge on any atom is -0.493 e. The van der Waals surface area contributed by atoms with Gasteiger partial charge in [0.15, 0.2) is 0 Å². The maximum Gasteiger partial charge on any atom is 0.321 e. The number of hydrogen-bond acceptors (Lipinski definition) is 8. The first kappa shape index (κ1) is 30.5. The fourth-order valence-electron chi connectivity index (χ4n) is 6.53. The van der Waals surface area contributed by atoms with Crippen molar-refractivity contribution >= 4 is 38.3 Å². The number of urea groups is 1. The molecule has 3 saturated heterocycles. The highest BCUT2D eigenvalue weighted by Gasteiger charge is 2.27. The van der Waals surface area contributed by atoms with Crippen LogP contribution in [0.2, 0.25) is 0 Å². The number of anilines is 2. The van der Waals surface area contributed by atoms with Crippen LogP contribution in [0.4, 0.5) is 16.2 Å². The van der Waals surface area contributed by atoms with Crippen molar-refractivity contribution in [2.45, 2.75) is 38.0 Å². The highest BCUT2D eigenvalue weighted by atomic mass is 32.2. The van der Waals surface area contributed by atoms with Gasteiger partial charge in [0, 0.05) is 87.6 Å². The molecule has 0 radical (unpaired) electrons. The molecule has 0 saturated carbocycles. The van der Waals surface area contributed by atoms with Gasteiger partial charge in [-0.3, -0.25) is 0 Å². The van der Waals surface area contributed by atoms with E-state index in [4.69, 9.17) is 4.74 Å². The molecule has 2 amide bonds. The lowest BCUT2D eigenvalue weighted by Crippen LogP contribution is -2.48. The fraction of sp³-hybridized carbons (Fsp3) is 0.531. The predicted octanol–water partition coefficient (Wildman–Crippen LogP) is 3.99. The number of aromatic nitrogens is 2. The number of carbonyl (C=O) groups excluding carboxylic acids is 1. The third kappa shape index (κ3) is 7.41. The molecular formula is C32H43N7O4S. The van der Waals surface area contributed by atoms with Crippen LogP contribution in [0.3, 0.4) is 0 Å². The molecule has 2 aromatic carbocycles. The van der Waals surface area contributed by atoms with Gasteiger partial charge in [-0.05, 0) is 68.5 Å². The van der Waals surface area contributed by atoms with Crippen molar-refractivity contribution in [1.82, 2.24) is 24.1 Å². The van der Waals surface area contributed by atoms with Crippen LogP contribution >= 0.6 is 0 Å². The normalized spacial score (nSPS) is 19.0. The minimum atomic E-state index is -3.11. The Labute approximate surface area is 260 Å². The Bertz CT molecular complexity index is 1530. The van der Waals surface area contributed by atoms with Gasteiger partial charge in [-0.1, -0.05) is 0 Å². The summed E-state index contributed by atoms with van der Waals surface area (Å²) in [5.41, 5.74) is 3.94. The molecule has 0 aliphatic carbocycles. The molecule has 0 atom stereocenters. The summed E-state index contributed by atoms with van der Waals surface area (Å²) < 4.78 is 31.0. The zero-order chi connectivity index (χ0) is 30.5. The molecule has 0 bridgehead atoms. The number of rotatable bonds is 9. The molecule has 3 aliphatic rings. The van der Waals surface area contributed by atoms with Crippen molar-refractivity contribution in [3.05, 3.63) is 54.5 Å². The third-order valence-electron chi connectivity index (χ3n) is 9.09. The number of nitrogens with one attached hydrogen (secondary N) is 1. The van der Waals surface area contributed by atoms with E-state index in [1.54, 1.807) is 10.6 Å². The lowest BCUT2D eigenvalue weighted by Gasteiger charge is -2.33. The van der Waals surface area contributed by atoms with Gasteiger partial charge in [-0.2, -0.15) is 4.31 Å². The Morgan fingerprint density at radius 2 is 1.66 bits per heavy atom. The van der Waals surface area contributed by atoms with Crippen molar-refractivity contribution in [2.24, 2.45) is 0 Å². The van der Waals surface area contributed by atoms with Gasteiger partial charge in [0.05, 0.1) is 24.1 Å². The molecule has 6 rings (SSSR count). The number of piperazine rings is 1. The highest BCUT2D eigenvalue weighted by Crippen LogP contribution is 2.32. The predicted molar refractivity (Wildman–Crippen MR) is 173 cm³/mol. The highest BCUT2D eigenvalue weighted by molar-refractivity contribution is 7.88. The smallest absolute Gasteiger partial charge is 0.321 e. The topological polar surface area (TPSA) is 111 Å². The number of likely N-dealkylation sites (tertiary alicyclic amines) is 1. The van der Waals surface area contributed by atoms with Gasteiger partial charge in [0.25, 0.3) is 0 Å². The van der Waals surface area contributed by atoms with Gasteiger partial charge >= 0.3 is 6.03 Å². The SMILES string of the molecule is CS(=O)(=O)N1CCN(CCCOc2ccc3c(C4CCN(C(=O)Nc5ccc(N6CCCC6)cc5)CC4)ncnc3c2)CC1. The molecule has 44 heavy (non-hydrogen) atoms. The summed E-state index contributed by atoms with van der Waals surface area (Å²) in [6, 6.07) is 14.1. The Morgan fingerprint density at radius 1 is 0.932 bits per heavy atom. The van der Waals surface area contributed by atoms with Crippen LogP contribution in [0.5, 0.6) is 5.75 Å². The minimum absolute atomic E-state index is 0.0529. The largest absolute Gasteiger partial charge is 0.493 e. The Kier molecular flexibility index (Phi) is 9.48. The summed E-state index contributed by atoms with van der Waals surface area (Å²) in [5.74, 6) is 1.04. The van der Waals surface area contributed by atoms with E-state index in [2.05, 4.69) is 43.3 Å². The number of benzene rings is 2. The monoisotopic (exact) mass is 621 g/mol. The second kappa shape index (κ2) is 13.7. The second-order valence-corrected chi connectivity index (χ2v) is 14.1. The first-order chi connectivity index (χ1) is 21.3. The number of amides is 2. The molecule has 3 aromatic rings. The lowest BCUT2D eigenvalue weighted by atomic mass is 9.91. The number of carbonyl (C=O) groups is 1. The number of piperidine rings is 1. The Morgan fingerprint density at radius 3 is 2.36 bits per heavy atom. The molecular weight excluding hydrogens is 578 g/mol. The quantitative estimate of drug-likeness (QED) is 0.357. The van der Waals surface area contributed by atoms with E-state index in [0.717, 1.165) is 80.0 Å². The van der Waals surface area contributed by atoms with Crippen LogP contribution < -0.4 is 15.0 Å². The first-order valence-corrected chi connectivity index (χ1v) is 17.6. The van der Waals surface area contributed by atoms with E-state index >= 15 is 0 Å². The molecule has 1 N–H and O–H groups in total. The van der Waals surface area contributed by atoms with Gasteiger partial charge < -0.3 is 24.8 Å². The van der Waals surface area contributed by atoms with Crippen LogP contribution in [0.15, 0.2) is 48.8 Å². The summed E-state index contributed by atoms with van der Waals surface area (Å²) in [7, 11) is -3.11. The van der Waals surface area contributed by atoms with Crippen LogP contribution in [-0.4, -0.2) is 110 Å². The van der Waals surface area contributed by atoms with Gasteiger partial charge in [0.1, 0.15) is 12.1 Å². The lowest BCUT2D eigenvalue weighted by molar-refractivity contribution is 0.175. The van der Waals surface area contributed by atoms with Crippen molar-refractivity contribution in [3.63, 3.8) is 0 Å². The second-order valence-electron chi connectivity index (χ2n) is 12.1. The van der Waals surface area contributed by atoms with Crippen LogP contribution in [-0.2, 0) is 10.0 Å². The van der Waals surface area contributed by atoms with E-state index < -0.39 is 10.0 Å². The Hall–Kier alpha value is -3.48. The molecule has 236 valence electrons. The molecule has 3 fully saturated rings. The average molecular weight is 622 g/mol. The van der Waals surface area contributed by atoms with Crippen molar-refractivity contribution < 1.29 is 17.9 Å². The first-order valence-electron chi connectivity index (χ1n) is 15.8. The van der Waals surface area contributed by atoms with Crippen LogP contribution in [0.1, 0.15) is 43.7 Å². The molecule has 0 spiro atoms. The van der Waals surface area contributed by atoms with Crippen molar-refractivity contribution in [2.75, 3.05) is 82.0 Å². The summed E-state index contributed by atoms with van der Waals surface area (Å²) in [4.78, 5) is 28.7. The standard InChI is InChI=1S/C32H43N7O4S/c1-44(41,42)39-20-18-36(19-21-39)13-4-22-43-28-9-10-29-30(23-28)33-24-34-31(29)25-11-16-38(17-12-25)32(40)35-26-5-7-27(8-6-26)37-14-2-3-15-37/h5-10,23-25H,2-4,11-22H2,1H3,(H,35,40). The molecule has 4 heterocycles. The van der Waals surface area contributed by atoms with Crippen LogP contribution in [0.25, 0.3) is 10.9 Å². The molecule has 0 unspecified atom stereocenters. The number of fused-ring (bicyclic) bond motifs is 1. The van der Waals surface area contributed by atoms with E-state index in [0.29, 0.717) is 32.8 Å². The van der Waals surface area contributed by atoms with E-state index in [9.17, 15) is 13.2 Å². The number of sulfonamides is 1. The Balaban J connectivity index is 0.968. The zero-order valence-electron chi connectivity index (χ0n) is 25.5. The summed E-state index contributed by atoms with van der Waals surface area (Å²) in [6.07, 6.45) is 7.95. The van der Waals surface area contributed by atoms with Gasteiger partial charge in [0.2, 0.25) is 10.0 Å². The van der Waals surface area contributed by atoms with Crippen molar-refractivity contribution in [3.8, 4) is 5.75 Å². The summed E-state index contributed by atoms with van der Waals surface area (Å²) in [6.45, 7) is 7.62. The van der Waals surface area contributed by atoms with E-state index in [1.807, 2.05) is 29.2 Å². The fourth-order valence-corrected chi connectivity index (χ4v) is 7.35.